The number of amides is 1. The zero-order valence-corrected chi connectivity index (χ0v) is 18.8. The van der Waals surface area contributed by atoms with Gasteiger partial charge >= 0.3 is 0 Å². The Balaban J connectivity index is 1.36. The molecule has 0 fully saturated rings. The molecule has 2 aliphatic rings. The molecule has 0 spiro atoms. The van der Waals surface area contributed by atoms with E-state index < -0.39 is 0 Å². The molecule has 9 heteroatoms. The van der Waals surface area contributed by atoms with Gasteiger partial charge in [-0.05, 0) is 48.9 Å². The van der Waals surface area contributed by atoms with E-state index in [1.807, 2.05) is 0 Å². The monoisotopic (exact) mass is 455 g/mol. The lowest BCUT2D eigenvalue weighted by Crippen LogP contribution is -2.35. The molecule has 5 rings (SSSR count). The van der Waals surface area contributed by atoms with Gasteiger partial charge in [0.15, 0.2) is 17.5 Å². The summed E-state index contributed by atoms with van der Waals surface area (Å²) in [7, 11) is 1.66. The molecule has 3 aromatic rings. The largest absolute Gasteiger partial charge is 0.482 e. The standard InChI is InChI=1S/C22H21N3O4S2/c1-11-3-5-13-17(7-11)31-21-19(13)20(28)23-22(24-21)30-10-15(26)12-4-6-16-14(8-12)25(2)18(27)9-29-16/h4,6,8,11H,3,5,7,9-10H2,1-2H3,(H,23,24,28). The van der Waals surface area contributed by atoms with Crippen LogP contribution in [-0.2, 0) is 17.6 Å². The van der Waals surface area contributed by atoms with E-state index in [0.29, 0.717) is 33.5 Å². The summed E-state index contributed by atoms with van der Waals surface area (Å²) in [6.45, 7) is 2.23. The number of carbonyl (C=O) groups excluding carboxylic acids is 2. The molecule has 1 amide bonds. The molecule has 0 radical (unpaired) electrons. The highest BCUT2D eigenvalue weighted by molar-refractivity contribution is 7.99. The van der Waals surface area contributed by atoms with Gasteiger partial charge in [-0.3, -0.25) is 14.4 Å². The van der Waals surface area contributed by atoms with Crippen LogP contribution in [0, 0.1) is 5.92 Å². The summed E-state index contributed by atoms with van der Waals surface area (Å²) in [5.74, 6) is 1.07. The van der Waals surface area contributed by atoms with E-state index in [4.69, 9.17) is 4.74 Å². The van der Waals surface area contributed by atoms with E-state index in [1.165, 1.54) is 21.5 Å². The minimum atomic E-state index is -0.158. The van der Waals surface area contributed by atoms with Crippen LogP contribution in [0.5, 0.6) is 5.75 Å². The Morgan fingerprint density at radius 3 is 3.06 bits per heavy atom. The quantitative estimate of drug-likeness (QED) is 0.368. The SMILES string of the molecule is CC1CCc2c(sc3nc(SCC(=O)c4ccc5c(c4)N(C)C(=O)CO5)[nH]c(=O)c23)C1. The molecule has 31 heavy (non-hydrogen) atoms. The fraction of sp³-hybridized carbons (Fsp3) is 0.364. The number of aromatic nitrogens is 2. The van der Waals surface area contributed by atoms with Gasteiger partial charge in [-0.1, -0.05) is 18.7 Å². The average molecular weight is 456 g/mol. The molecule has 1 aromatic carbocycles. The summed E-state index contributed by atoms with van der Waals surface area (Å²) in [4.78, 5) is 48.3. The number of thioether (sulfide) groups is 1. The minimum Gasteiger partial charge on any atom is -0.482 e. The van der Waals surface area contributed by atoms with E-state index in [1.54, 1.807) is 36.6 Å². The maximum Gasteiger partial charge on any atom is 0.264 e. The normalized spacial score (nSPS) is 17.9. The lowest BCUT2D eigenvalue weighted by molar-refractivity contribution is -0.120. The van der Waals surface area contributed by atoms with Crippen molar-refractivity contribution in [3.8, 4) is 5.75 Å². The predicted octanol–water partition coefficient (Wildman–Crippen LogP) is 3.44. The van der Waals surface area contributed by atoms with Gasteiger partial charge in [0, 0.05) is 17.5 Å². The Labute approximate surface area is 186 Å². The summed E-state index contributed by atoms with van der Waals surface area (Å²) in [5.41, 5.74) is 2.09. The minimum absolute atomic E-state index is 0.000778. The van der Waals surface area contributed by atoms with Gasteiger partial charge in [0.25, 0.3) is 11.5 Å². The number of H-pyrrole nitrogens is 1. The van der Waals surface area contributed by atoms with Crippen molar-refractivity contribution in [2.24, 2.45) is 5.92 Å². The van der Waals surface area contributed by atoms with Crippen molar-refractivity contribution in [3.63, 3.8) is 0 Å². The molecule has 1 atom stereocenters. The number of hydrogen-bond acceptors (Lipinski definition) is 7. The van der Waals surface area contributed by atoms with Crippen LogP contribution in [0.25, 0.3) is 10.2 Å². The van der Waals surface area contributed by atoms with Crippen LogP contribution in [-0.4, -0.2) is 41.1 Å². The summed E-state index contributed by atoms with van der Waals surface area (Å²) < 4.78 is 5.41. The van der Waals surface area contributed by atoms with E-state index in [9.17, 15) is 14.4 Å². The Kier molecular flexibility index (Phi) is 5.10. The molecule has 160 valence electrons. The van der Waals surface area contributed by atoms with Gasteiger partial charge in [0.05, 0.1) is 16.8 Å². The lowest BCUT2D eigenvalue weighted by atomic mass is 9.89. The molecule has 0 saturated carbocycles. The van der Waals surface area contributed by atoms with Gasteiger partial charge in [0.1, 0.15) is 10.6 Å². The van der Waals surface area contributed by atoms with E-state index >= 15 is 0 Å². The zero-order chi connectivity index (χ0) is 21.7. The molecule has 0 saturated heterocycles. The molecular formula is C22H21N3O4S2. The summed E-state index contributed by atoms with van der Waals surface area (Å²) in [6.07, 6.45) is 3.01. The molecule has 1 unspecified atom stereocenters. The molecule has 7 nitrogen and oxygen atoms in total. The third kappa shape index (κ3) is 3.65. The number of nitrogens with zero attached hydrogens (tertiary/aromatic N) is 2. The lowest BCUT2D eigenvalue weighted by Gasteiger charge is -2.26. The van der Waals surface area contributed by atoms with Gasteiger partial charge in [-0.25, -0.2) is 4.98 Å². The van der Waals surface area contributed by atoms with Crippen molar-refractivity contribution in [1.82, 2.24) is 9.97 Å². The second-order valence-electron chi connectivity index (χ2n) is 8.04. The van der Waals surface area contributed by atoms with E-state index in [0.717, 1.165) is 29.7 Å². The van der Waals surface area contributed by atoms with Gasteiger partial charge in [-0.15, -0.1) is 11.3 Å². The number of hydrogen-bond donors (Lipinski definition) is 1. The van der Waals surface area contributed by atoms with E-state index in [-0.39, 0.29) is 29.6 Å². The molecule has 1 aliphatic heterocycles. The third-order valence-electron chi connectivity index (χ3n) is 5.85. The number of rotatable bonds is 4. The highest BCUT2D eigenvalue weighted by Gasteiger charge is 2.25. The maximum atomic E-state index is 12.8. The second-order valence-corrected chi connectivity index (χ2v) is 10.1. The summed E-state index contributed by atoms with van der Waals surface area (Å²) >= 11 is 2.81. The first-order valence-corrected chi connectivity index (χ1v) is 11.9. The fourth-order valence-corrected chi connectivity index (χ4v) is 6.26. The Bertz CT molecular complexity index is 1280. The smallest absolute Gasteiger partial charge is 0.264 e. The van der Waals surface area contributed by atoms with Crippen LogP contribution in [0.3, 0.4) is 0 Å². The average Bonchev–Trinajstić information content (AvgIpc) is 3.12. The van der Waals surface area contributed by atoms with Gasteiger partial charge in [-0.2, -0.15) is 0 Å². The molecule has 3 heterocycles. The second kappa shape index (κ2) is 7.80. The van der Waals surface area contributed by atoms with Crippen molar-refractivity contribution in [2.75, 3.05) is 24.3 Å². The van der Waals surface area contributed by atoms with Crippen LogP contribution in [0.2, 0.25) is 0 Å². The van der Waals surface area contributed by atoms with E-state index in [2.05, 4.69) is 16.9 Å². The highest BCUT2D eigenvalue weighted by Crippen LogP contribution is 2.36. The van der Waals surface area contributed by atoms with Gasteiger partial charge in [0.2, 0.25) is 0 Å². The van der Waals surface area contributed by atoms with Crippen molar-refractivity contribution >= 4 is 50.7 Å². The van der Waals surface area contributed by atoms with Crippen LogP contribution in [0.4, 0.5) is 5.69 Å². The number of ether oxygens (including phenoxy) is 1. The van der Waals surface area contributed by atoms with Crippen molar-refractivity contribution < 1.29 is 14.3 Å². The number of likely N-dealkylation sites (N-methyl/N-ethyl adjacent to an activating group) is 1. The molecular weight excluding hydrogens is 434 g/mol. The van der Waals surface area contributed by atoms with Crippen LogP contribution in [0.15, 0.2) is 28.2 Å². The number of fused-ring (bicyclic) bond motifs is 4. The summed E-state index contributed by atoms with van der Waals surface area (Å²) in [6, 6.07) is 5.07. The Morgan fingerprint density at radius 1 is 1.39 bits per heavy atom. The fourth-order valence-electron chi connectivity index (χ4n) is 4.06. The summed E-state index contributed by atoms with van der Waals surface area (Å²) in [5, 5.41) is 1.16. The molecule has 0 bridgehead atoms. The Morgan fingerprint density at radius 2 is 2.23 bits per heavy atom. The number of thiophene rings is 1. The number of ketones is 1. The van der Waals surface area contributed by atoms with Gasteiger partial charge < -0.3 is 14.6 Å². The first-order chi connectivity index (χ1) is 14.9. The zero-order valence-electron chi connectivity index (χ0n) is 17.2. The number of aromatic amines is 1. The Hall–Kier alpha value is -2.65. The number of carbonyl (C=O) groups is 2. The molecule has 2 aromatic heterocycles. The van der Waals surface area contributed by atoms with Crippen LogP contribution >= 0.6 is 23.1 Å². The van der Waals surface area contributed by atoms with Crippen LogP contribution < -0.4 is 15.2 Å². The molecule has 1 N–H and O–H groups in total. The number of nitrogens with one attached hydrogen (secondary N) is 1. The maximum absolute atomic E-state index is 12.8. The first kappa shape index (κ1) is 20.3. The molecule has 1 aliphatic carbocycles. The number of aryl methyl sites for hydroxylation is 1. The first-order valence-electron chi connectivity index (χ1n) is 10.1. The number of benzene rings is 1. The van der Waals surface area contributed by atoms with Crippen molar-refractivity contribution in [2.45, 2.75) is 31.3 Å². The number of Topliss-reactive ketones (excluding diaryl/α,β-unsaturated/α-hetero) is 1. The van der Waals surface area contributed by atoms with Crippen LogP contribution in [0.1, 0.15) is 34.1 Å². The number of anilines is 1. The van der Waals surface area contributed by atoms with Crippen molar-refractivity contribution in [1.29, 1.82) is 0 Å². The predicted molar refractivity (Wildman–Crippen MR) is 122 cm³/mol. The third-order valence-corrected chi connectivity index (χ3v) is 7.87. The topological polar surface area (TPSA) is 92.4 Å². The highest BCUT2D eigenvalue weighted by atomic mass is 32.2. The van der Waals surface area contributed by atoms with Crippen molar-refractivity contribution in [3.05, 3.63) is 44.6 Å².